The second kappa shape index (κ2) is 5.78. The van der Waals surface area contributed by atoms with Crippen LogP contribution in [0.15, 0.2) is 36.7 Å². The third-order valence-corrected chi connectivity index (χ3v) is 3.23. The first kappa shape index (κ1) is 13.4. The average molecular weight is 282 g/mol. The van der Waals surface area contributed by atoms with E-state index < -0.39 is 0 Å². The fourth-order valence-electron chi connectivity index (χ4n) is 2.26. The minimum Gasteiger partial charge on any atom is -0.354 e. The van der Waals surface area contributed by atoms with Crippen molar-refractivity contribution in [1.29, 1.82) is 0 Å². The van der Waals surface area contributed by atoms with Crippen LogP contribution in [0.3, 0.4) is 0 Å². The third kappa shape index (κ3) is 2.79. The Balaban J connectivity index is 1.96. The number of H-pyrrole nitrogens is 1. The van der Waals surface area contributed by atoms with Gasteiger partial charge in [0.1, 0.15) is 5.52 Å². The molecule has 0 amide bonds. The molecule has 6 heteroatoms. The van der Waals surface area contributed by atoms with E-state index >= 15 is 0 Å². The molecular weight excluding hydrogens is 264 g/mol. The molecule has 1 aromatic carbocycles. The van der Waals surface area contributed by atoms with Crippen LogP contribution in [-0.4, -0.2) is 33.5 Å². The fourth-order valence-corrected chi connectivity index (χ4v) is 2.26. The number of benzene rings is 1. The Morgan fingerprint density at radius 1 is 1.19 bits per heavy atom. The van der Waals surface area contributed by atoms with E-state index in [1.807, 2.05) is 32.2 Å². The van der Waals surface area contributed by atoms with Crippen LogP contribution in [0.4, 0.5) is 11.8 Å². The summed E-state index contributed by atoms with van der Waals surface area (Å²) in [6.07, 6.45) is 1.65. The zero-order valence-electron chi connectivity index (χ0n) is 12.2. The Kier molecular flexibility index (Phi) is 3.68. The number of rotatable bonds is 5. The molecule has 0 unspecified atom stereocenters. The maximum atomic E-state index is 4.59. The molecule has 0 aliphatic rings. The van der Waals surface area contributed by atoms with Crippen LogP contribution < -0.4 is 10.2 Å². The summed E-state index contributed by atoms with van der Waals surface area (Å²) in [5.74, 6) is 1.45. The van der Waals surface area contributed by atoms with E-state index in [-0.39, 0.29) is 0 Å². The quantitative estimate of drug-likeness (QED) is 0.752. The molecule has 0 aliphatic heterocycles. The Bertz CT molecular complexity index is 721. The highest BCUT2D eigenvalue weighted by atomic mass is 15.2. The van der Waals surface area contributed by atoms with Crippen molar-refractivity contribution in [3.8, 4) is 0 Å². The molecule has 2 heterocycles. The van der Waals surface area contributed by atoms with Gasteiger partial charge in [0.05, 0.1) is 6.33 Å². The van der Waals surface area contributed by atoms with Gasteiger partial charge < -0.3 is 15.2 Å². The van der Waals surface area contributed by atoms with Gasteiger partial charge in [-0.25, -0.2) is 4.98 Å². The van der Waals surface area contributed by atoms with Crippen LogP contribution in [-0.2, 0) is 6.54 Å². The Labute approximate surface area is 123 Å². The number of aromatic amines is 1. The first-order valence-electron chi connectivity index (χ1n) is 6.98. The molecule has 6 nitrogen and oxygen atoms in total. The molecule has 0 spiro atoms. The van der Waals surface area contributed by atoms with Gasteiger partial charge in [0.25, 0.3) is 0 Å². The molecule has 0 atom stereocenters. The molecule has 0 saturated carbocycles. The summed E-state index contributed by atoms with van der Waals surface area (Å²) in [6, 6.07) is 10.3. The van der Waals surface area contributed by atoms with Crippen LogP contribution in [0.2, 0.25) is 0 Å². The monoisotopic (exact) mass is 282 g/mol. The molecule has 0 radical (unpaired) electrons. The summed E-state index contributed by atoms with van der Waals surface area (Å²) in [6.45, 7) is 3.57. The molecular formula is C15H18N6. The number of nitrogens with zero attached hydrogens (tertiary/aromatic N) is 4. The molecule has 0 aliphatic carbocycles. The van der Waals surface area contributed by atoms with Crippen LogP contribution >= 0.6 is 0 Å². The molecule has 2 N–H and O–H groups in total. The highest BCUT2D eigenvalue weighted by Gasteiger charge is 2.13. The zero-order valence-corrected chi connectivity index (χ0v) is 12.2. The standard InChI is InChI=1S/C15H18N6/c1-3-16-15-19-13-12(17-10-18-13)14(20-15)21(2)9-11-7-5-4-6-8-11/h4-8,10H,3,9H2,1-2H3,(H2,16,17,18,19,20). The number of imidazole rings is 1. The minimum absolute atomic E-state index is 0.604. The summed E-state index contributed by atoms with van der Waals surface area (Å²) in [5, 5.41) is 3.15. The highest BCUT2D eigenvalue weighted by molar-refractivity contribution is 5.84. The molecule has 3 rings (SSSR count). The largest absolute Gasteiger partial charge is 0.354 e. The van der Waals surface area contributed by atoms with E-state index in [2.05, 4.69) is 42.3 Å². The molecule has 21 heavy (non-hydrogen) atoms. The van der Waals surface area contributed by atoms with E-state index in [9.17, 15) is 0 Å². The average Bonchev–Trinajstić information content (AvgIpc) is 2.96. The molecule has 0 bridgehead atoms. The second-order valence-electron chi connectivity index (χ2n) is 4.84. The molecule has 3 aromatic rings. The summed E-state index contributed by atoms with van der Waals surface area (Å²) >= 11 is 0. The van der Waals surface area contributed by atoms with Crippen LogP contribution in [0.5, 0.6) is 0 Å². The third-order valence-electron chi connectivity index (χ3n) is 3.23. The SMILES string of the molecule is CCNc1nc(N(C)Cc2ccccc2)c2[nH]cnc2n1. The maximum Gasteiger partial charge on any atom is 0.226 e. The van der Waals surface area contributed by atoms with E-state index in [0.717, 1.165) is 24.4 Å². The lowest BCUT2D eigenvalue weighted by molar-refractivity contribution is 0.897. The zero-order chi connectivity index (χ0) is 14.7. The molecule has 2 aromatic heterocycles. The Morgan fingerprint density at radius 2 is 2.00 bits per heavy atom. The van der Waals surface area contributed by atoms with Gasteiger partial charge in [0.2, 0.25) is 5.95 Å². The lowest BCUT2D eigenvalue weighted by Gasteiger charge is -2.19. The van der Waals surface area contributed by atoms with Crippen LogP contribution in [0.1, 0.15) is 12.5 Å². The van der Waals surface area contributed by atoms with Crippen molar-refractivity contribution in [2.75, 3.05) is 23.8 Å². The fraction of sp³-hybridized carbons (Fsp3) is 0.267. The number of fused-ring (bicyclic) bond motifs is 1. The number of hydrogen-bond donors (Lipinski definition) is 2. The van der Waals surface area contributed by atoms with E-state index in [1.54, 1.807) is 6.33 Å². The molecule has 108 valence electrons. The van der Waals surface area contributed by atoms with Crippen LogP contribution in [0.25, 0.3) is 11.2 Å². The normalized spacial score (nSPS) is 10.8. The number of aromatic nitrogens is 4. The smallest absolute Gasteiger partial charge is 0.226 e. The van der Waals surface area contributed by atoms with Gasteiger partial charge >= 0.3 is 0 Å². The van der Waals surface area contributed by atoms with Crippen LogP contribution in [0, 0.1) is 0 Å². The van der Waals surface area contributed by atoms with E-state index in [0.29, 0.717) is 11.6 Å². The number of hydrogen-bond acceptors (Lipinski definition) is 5. The molecule has 0 fully saturated rings. The van der Waals surface area contributed by atoms with Crippen molar-refractivity contribution in [3.63, 3.8) is 0 Å². The van der Waals surface area contributed by atoms with Crippen molar-refractivity contribution >= 4 is 22.9 Å². The lowest BCUT2D eigenvalue weighted by Crippen LogP contribution is -2.19. The maximum absolute atomic E-state index is 4.59. The lowest BCUT2D eigenvalue weighted by atomic mass is 10.2. The van der Waals surface area contributed by atoms with Crippen molar-refractivity contribution in [2.24, 2.45) is 0 Å². The summed E-state index contributed by atoms with van der Waals surface area (Å²) in [5.41, 5.74) is 2.77. The van der Waals surface area contributed by atoms with Gasteiger partial charge in [0, 0.05) is 20.1 Å². The van der Waals surface area contributed by atoms with Gasteiger partial charge in [-0.1, -0.05) is 30.3 Å². The first-order valence-corrected chi connectivity index (χ1v) is 6.98. The Morgan fingerprint density at radius 3 is 2.76 bits per heavy atom. The minimum atomic E-state index is 0.604. The van der Waals surface area contributed by atoms with E-state index in [4.69, 9.17) is 0 Å². The number of anilines is 2. The predicted octanol–water partition coefficient (Wildman–Crippen LogP) is 2.42. The topological polar surface area (TPSA) is 69.7 Å². The van der Waals surface area contributed by atoms with Crippen molar-refractivity contribution in [3.05, 3.63) is 42.2 Å². The van der Waals surface area contributed by atoms with Crippen molar-refractivity contribution in [2.45, 2.75) is 13.5 Å². The first-order chi connectivity index (χ1) is 10.3. The summed E-state index contributed by atoms with van der Waals surface area (Å²) in [4.78, 5) is 18.4. The number of nitrogens with one attached hydrogen (secondary N) is 2. The summed E-state index contributed by atoms with van der Waals surface area (Å²) < 4.78 is 0. The summed E-state index contributed by atoms with van der Waals surface area (Å²) in [7, 11) is 2.02. The van der Waals surface area contributed by atoms with E-state index in [1.165, 1.54) is 5.56 Å². The highest BCUT2D eigenvalue weighted by Crippen LogP contribution is 2.23. The van der Waals surface area contributed by atoms with Gasteiger partial charge in [-0.15, -0.1) is 0 Å². The van der Waals surface area contributed by atoms with Crippen molar-refractivity contribution in [1.82, 2.24) is 19.9 Å². The van der Waals surface area contributed by atoms with Gasteiger partial charge in [-0.2, -0.15) is 9.97 Å². The van der Waals surface area contributed by atoms with Gasteiger partial charge in [0.15, 0.2) is 11.5 Å². The second-order valence-corrected chi connectivity index (χ2v) is 4.84. The van der Waals surface area contributed by atoms with Crippen molar-refractivity contribution < 1.29 is 0 Å². The predicted molar refractivity (Wildman–Crippen MR) is 84.4 cm³/mol. The Hall–Kier alpha value is -2.63. The van der Waals surface area contributed by atoms with Gasteiger partial charge in [-0.3, -0.25) is 0 Å². The molecule has 0 saturated heterocycles. The van der Waals surface area contributed by atoms with Gasteiger partial charge in [-0.05, 0) is 12.5 Å².